The second kappa shape index (κ2) is 5.51. The Morgan fingerprint density at radius 2 is 1.86 bits per heavy atom. The Kier molecular flexibility index (Phi) is 3.92. The lowest BCUT2D eigenvalue weighted by atomic mass is 10.3. The van der Waals surface area contributed by atoms with Crippen LogP contribution in [0.15, 0.2) is 24.3 Å². The zero-order chi connectivity index (χ0) is 15.6. The summed E-state index contributed by atoms with van der Waals surface area (Å²) in [5.74, 6) is -4.02. The average Bonchev–Trinajstić information content (AvgIpc) is 2.42. The number of anilines is 1. The third-order valence-corrected chi connectivity index (χ3v) is 2.35. The second-order valence-corrected chi connectivity index (χ2v) is 3.82. The van der Waals surface area contributed by atoms with Crippen LogP contribution in [0, 0.1) is 11.6 Å². The Morgan fingerprint density at radius 3 is 2.48 bits per heavy atom. The van der Waals surface area contributed by atoms with Gasteiger partial charge in [-0.25, -0.2) is 9.37 Å². The predicted octanol–water partition coefficient (Wildman–Crippen LogP) is 3.61. The number of nitrogens with one attached hydrogen (secondary N) is 1. The van der Waals surface area contributed by atoms with Gasteiger partial charge in [-0.3, -0.25) is 0 Å². The fraction of sp³-hybridized carbons (Fsp3) is 0.167. The molecule has 0 amide bonds. The zero-order valence-electron chi connectivity index (χ0n) is 10.5. The van der Waals surface area contributed by atoms with Crippen LogP contribution in [0.4, 0.5) is 27.9 Å². The van der Waals surface area contributed by atoms with Crippen molar-refractivity contribution in [2.75, 3.05) is 12.4 Å². The van der Waals surface area contributed by atoms with Crippen molar-refractivity contribution in [2.24, 2.45) is 0 Å². The van der Waals surface area contributed by atoms with Crippen LogP contribution in [0.25, 0.3) is 0 Å². The lowest BCUT2D eigenvalue weighted by Gasteiger charge is -2.11. The predicted molar refractivity (Wildman–Crippen MR) is 63.0 cm³/mol. The highest BCUT2D eigenvalue weighted by Crippen LogP contribution is 2.32. The summed E-state index contributed by atoms with van der Waals surface area (Å²) in [5, 5.41) is 2.32. The Labute approximate surface area is 115 Å². The molecule has 1 aromatic heterocycles. The van der Waals surface area contributed by atoms with E-state index in [2.05, 4.69) is 15.3 Å². The number of hydrogen-bond donors (Lipinski definition) is 1. The summed E-state index contributed by atoms with van der Waals surface area (Å²) in [5.41, 5.74) is -1.27. The summed E-state index contributed by atoms with van der Waals surface area (Å²) in [6.45, 7) is 0. The standard InChI is InChI=1S/C12H8F5N3O/c1-18-11-19-8(12(15,16)17)5-9(20-11)21-7-4-2-3-6(13)10(7)14/h2-5H,1H3,(H,18,19,20). The maximum Gasteiger partial charge on any atom is 0.433 e. The van der Waals surface area contributed by atoms with Crippen molar-refractivity contribution in [1.29, 1.82) is 0 Å². The van der Waals surface area contributed by atoms with Crippen LogP contribution in [0.1, 0.15) is 5.69 Å². The van der Waals surface area contributed by atoms with Gasteiger partial charge in [-0.1, -0.05) is 6.07 Å². The SMILES string of the molecule is CNc1nc(Oc2cccc(F)c2F)cc(C(F)(F)F)n1. The molecule has 0 aliphatic rings. The topological polar surface area (TPSA) is 47.0 Å². The fourth-order valence-corrected chi connectivity index (χ4v) is 1.41. The van der Waals surface area contributed by atoms with Gasteiger partial charge in [0.25, 0.3) is 0 Å². The summed E-state index contributed by atoms with van der Waals surface area (Å²) in [7, 11) is 1.31. The molecular weight excluding hydrogens is 297 g/mol. The van der Waals surface area contributed by atoms with E-state index in [4.69, 9.17) is 4.74 Å². The molecular formula is C12H8F5N3O. The number of halogens is 5. The smallest absolute Gasteiger partial charge is 0.433 e. The molecule has 1 N–H and O–H groups in total. The summed E-state index contributed by atoms with van der Waals surface area (Å²) >= 11 is 0. The normalized spacial score (nSPS) is 11.3. The molecule has 1 heterocycles. The highest BCUT2D eigenvalue weighted by atomic mass is 19.4. The zero-order valence-corrected chi connectivity index (χ0v) is 10.5. The van der Waals surface area contributed by atoms with Crippen molar-refractivity contribution in [1.82, 2.24) is 9.97 Å². The van der Waals surface area contributed by atoms with E-state index >= 15 is 0 Å². The van der Waals surface area contributed by atoms with E-state index in [0.29, 0.717) is 6.07 Å². The van der Waals surface area contributed by atoms with Crippen LogP contribution in [0.2, 0.25) is 0 Å². The van der Waals surface area contributed by atoms with Gasteiger partial charge in [0.1, 0.15) is 0 Å². The highest BCUT2D eigenvalue weighted by molar-refractivity contribution is 5.35. The summed E-state index contributed by atoms with van der Waals surface area (Å²) in [4.78, 5) is 6.81. The number of alkyl halides is 3. The molecule has 0 saturated heterocycles. The lowest BCUT2D eigenvalue weighted by Crippen LogP contribution is -2.11. The molecule has 21 heavy (non-hydrogen) atoms. The second-order valence-electron chi connectivity index (χ2n) is 3.82. The van der Waals surface area contributed by atoms with Crippen LogP contribution in [-0.2, 0) is 6.18 Å². The monoisotopic (exact) mass is 305 g/mol. The summed E-state index contributed by atoms with van der Waals surface area (Å²) < 4.78 is 69.3. The largest absolute Gasteiger partial charge is 0.436 e. The molecule has 2 rings (SSSR count). The van der Waals surface area contributed by atoms with E-state index in [1.54, 1.807) is 0 Å². The molecule has 0 atom stereocenters. The molecule has 2 aromatic rings. The van der Waals surface area contributed by atoms with Gasteiger partial charge in [0.2, 0.25) is 17.6 Å². The van der Waals surface area contributed by atoms with E-state index in [1.165, 1.54) is 7.05 Å². The van der Waals surface area contributed by atoms with E-state index in [1.807, 2.05) is 0 Å². The van der Waals surface area contributed by atoms with Crippen LogP contribution >= 0.6 is 0 Å². The molecule has 0 radical (unpaired) electrons. The number of hydrogen-bond acceptors (Lipinski definition) is 4. The average molecular weight is 305 g/mol. The van der Waals surface area contributed by atoms with Gasteiger partial charge in [-0.05, 0) is 12.1 Å². The van der Waals surface area contributed by atoms with E-state index in [9.17, 15) is 22.0 Å². The van der Waals surface area contributed by atoms with Crippen LogP contribution in [0.5, 0.6) is 11.6 Å². The molecule has 112 valence electrons. The van der Waals surface area contributed by atoms with E-state index in [-0.39, 0.29) is 5.95 Å². The first-order valence-corrected chi connectivity index (χ1v) is 5.57. The molecule has 0 aliphatic carbocycles. The Morgan fingerprint density at radius 1 is 1.14 bits per heavy atom. The maximum atomic E-state index is 13.4. The van der Waals surface area contributed by atoms with E-state index < -0.39 is 35.1 Å². The Balaban J connectivity index is 2.42. The molecule has 0 saturated carbocycles. The van der Waals surface area contributed by atoms with Crippen molar-refractivity contribution in [3.8, 4) is 11.6 Å². The van der Waals surface area contributed by atoms with Crippen molar-refractivity contribution in [2.45, 2.75) is 6.18 Å². The Bertz CT molecular complexity index is 660. The summed E-state index contributed by atoms with van der Waals surface area (Å²) in [6, 6.07) is 3.55. The molecule has 0 spiro atoms. The first-order valence-electron chi connectivity index (χ1n) is 5.57. The molecule has 1 aromatic carbocycles. The quantitative estimate of drug-likeness (QED) is 0.880. The number of rotatable bonds is 3. The van der Waals surface area contributed by atoms with Crippen LogP contribution < -0.4 is 10.1 Å². The van der Waals surface area contributed by atoms with Crippen LogP contribution in [0.3, 0.4) is 0 Å². The van der Waals surface area contributed by atoms with Gasteiger partial charge in [-0.15, -0.1) is 0 Å². The lowest BCUT2D eigenvalue weighted by molar-refractivity contribution is -0.141. The van der Waals surface area contributed by atoms with Crippen molar-refractivity contribution in [3.63, 3.8) is 0 Å². The third kappa shape index (κ3) is 3.36. The van der Waals surface area contributed by atoms with Gasteiger partial charge in [0, 0.05) is 13.1 Å². The minimum absolute atomic E-state index is 0.364. The van der Waals surface area contributed by atoms with E-state index in [0.717, 1.165) is 18.2 Å². The number of benzene rings is 1. The summed E-state index contributed by atoms with van der Waals surface area (Å²) in [6.07, 6.45) is -4.73. The molecule has 4 nitrogen and oxygen atoms in total. The van der Waals surface area contributed by atoms with Crippen molar-refractivity contribution < 1.29 is 26.7 Å². The van der Waals surface area contributed by atoms with Gasteiger partial charge < -0.3 is 10.1 Å². The Hall–Kier alpha value is -2.45. The number of aromatic nitrogens is 2. The van der Waals surface area contributed by atoms with Gasteiger partial charge in [0.15, 0.2) is 17.3 Å². The first kappa shape index (κ1) is 14.9. The fourth-order valence-electron chi connectivity index (χ4n) is 1.41. The molecule has 0 fully saturated rings. The number of nitrogens with zero attached hydrogens (tertiary/aromatic N) is 2. The third-order valence-electron chi connectivity index (χ3n) is 2.35. The van der Waals surface area contributed by atoms with Gasteiger partial charge in [-0.2, -0.15) is 22.5 Å². The number of ether oxygens (including phenoxy) is 1. The minimum atomic E-state index is -4.73. The highest BCUT2D eigenvalue weighted by Gasteiger charge is 2.34. The van der Waals surface area contributed by atoms with Crippen LogP contribution in [-0.4, -0.2) is 17.0 Å². The minimum Gasteiger partial charge on any atom is -0.436 e. The molecule has 0 unspecified atom stereocenters. The molecule has 9 heteroatoms. The maximum absolute atomic E-state index is 13.4. The molecule has 0 aliphatic heterocycles. The van der Waals surface area contributed by atoms with Gasteiger partial charge in [0.05, 0.1) is 0 Å². The molecule has 0 bridgehead atoms. The van der Waals surface area contributed by atoms with Gasteiger partial charge >= 0.3 is 6.18 Å². The van der Waals surface area contributed by atoms with Crippen molar-refractivity contribution >= 4 is 5.95 Å². The first-order chi connectivity index (χ1) is 9.81. The van der Waals surface area contributed by atoms with Crippen molar-refractivity contribution in [3.05, 3.63) is 41.6 Å².